The maximum Gasteiger partial charge on any atom is 0.258 e. The Labute approximate surface area is 145 Å². The van der Waals surface area contributed by atoms with Crippen LogP contribution in [0.1, 0.15) is 19.7 Å². The van der Waals surface area contributed by atoms with Gasteiger partial charge in [-0.15, -0.1) is 0 Å². The molecule has 0 aliphatic carbocycles. The molecule has 22 heavy (non-hydrogen) atoms. The second-order valence-electron chi connectivity index (χ2n) is 5.75. The van der Waals surface area contributed by atoms with E-state index in [9.17, 15) is 4.79 Å². The van der Waals surface area contributed by atoms with Gasteiger partial charge < -0.3 is 9.72 Å². The van der Waals surface area contributed by atoms with Crippen LogP contribution in [0.4, 0.5) is 0 Å². The number of fused-ring (bicyclic) bond motifs is 1. The van der Waals surface area contributed by atoms with Gasteiger partial charge in [0.15, 0.2) is 0 Å². The number of morpholine rings is 1. The minimum Gasteiger partial charge on any atom is -0.373 e. The molecule has 0 amide bonds. The first-order valence-electron chi connectivity index (χ1n) is 7.18. The molecular formula is C15H17Br2N3O2. The summed E-state index contributed by atoms with van der Waals surface area (Å²) in [7, 11) is 0. The van der Waals surface area contributed by atoms with Crippen LogP contribution in [0.3, 0.4) is 0 Å². The van der Waals surface area contributed by atoms with Crippen molar-refractivity contribution in [2.75, 3.05) is 13.1 Å². The zero-order valence-corrected chi connectivity index (χ0v) is 15.6. The molecule has 0 bridgehead atoms. The minimum absolute atomic E-state index is 0.114. The predicted octanol–water partition coefficient (Wildman–Crippen LogP) is 3.06. The average molecular weight is 431 g/mol. The number of H-pyrrole nitrogens is 1. The van der Waals surface area contributed by atoms with Gasteiger partial charge in [0, 0.05) is 22.0 Å². The Hall–Kier alpha value is -0.760. The van der Waals surface area contributed by atoms with Crippen molar-refractivity contribution < 1.29 is 4.74 Å². The standard InChI is InChI=1S/C15H17Br2N3O2/c1-8-5-20(6-9(2)22-8)7-13-18-14-11(15(21)19-13)3-10(16)4-12(14)17/h3-4,8-9H,5-7H2,1-2H3,(H,18,19,21). The fourth-order valence-corrected chi connectivity index (χ4v) is 4.23. The quantitative estimate of drug-likeness (QED) is 0.795. The molecule has 0 radical (unpaired) electrons. The molecule has 118 valence electrons. The van der Waals surface area contributed by atoms with E-state index in [-0.39, 0.29) is 17.8 Å². The van der Waals surface area contributed by atoms with Crippen LogP contribution in [-0.4, -0.2) is 40.2 Å². The number of benzene rings is 1. The molecule has 1 N–H and O–H groups in total. The lowest BCUT2D eigenvalue weighted by Crippen LogP contribution is -2.45. The summed E-state index contributed by atoms with van der Waals surface area (Å²) in [6.07, 6.45) is 0.386. The van der Waals surface area contributed by atoms with Gasteiger partial charge in [-0.05, 0) is 41.9 Å². The van der Waals surface area contributed by atoms with Gasteiger partial charge in [-0.25, -0.2) is 4.98 Å². The van der Waals surface area contributed by atoms with E-state index in [1.54, 1.807) is 6.07 Å². The maximum atomic E-state index is 12.3. The summed E-state index contributed by atoms with van der Waals surface area (Å²) in [5.41, 5.74) is 0.577. The Kier molecular flexibility index (Phi) is 4.68. The number of halogens is 2. The first kappa shape index (κ1) is 16.1. The number of rotatable bonds is 2. The Morgan fingerprint density at radius 1 is 1.32 bits per heavy atom. The summed E-state index contributed by atoms with van der Waals surface area (Å²) >= 11 is 6.88. The van der Waals surface area contributed by atoms with Gasteiger partial charge in [0.05, 0.1) is 29.7 Å². The summed E-state index contributed by atoms with van der Waals surface area (Å²) in [5, 5.41) is 0.578. The van der Waals surface area contributed by atoms with Crippen molar-refractivity contribution in [1.82, 2.24) is 14.9 Å². The molecular weight excluding hydrogens is 414 g/mol. The number of hydrogen-bond donors (Lipinski definition) is 1. The molecule has 5 nitrogen and oxygen atoms in total. The smallest absolute Gasteiger partial charge is 0.258 e. The fraction of sp³-hybridized carbons (Fsp3) is 0.467. The van der Waals surface area contributed by atoms with Crippen molar-refractivity contribution in [2.24, 2.45) is 0 Å². The lowest BCUT2D eigenvalue weighted by Gasteiger charge is -2.34. The zero-order chi connectivity index (χ0) is 15.9. The molecule has 2 atom stereocenters. The molecule has 0 spiro atoms. The molecule has 1 aliphatic heterocycles. The van der Waals surface area contributed by atoms with Gasteiger partial charge in [-0.3, -0.25) is 9.69 Å². The Morgan fingerprint density at radius 2 is 2.00 bits per heavy atom. The molecule has 1 aromatic carbocycles. The van der Waals surface area contributed by atoms with Crippen molar-refractivity contribution in [3.63, 3.8) is 0 Å². The van der Waals surface area contributed by atoms with E-state index >= 15 is 0 Å². The molecule has 2 heterocycles. The molecule has 1 saturated heterocycles. The molecule has 2 aromatic rings. The summed E-state index contributed by atoms with van der Waals surface area (Å²) in [5.74, 6) is 0.682. The first-order valence-corrected chi connectivity index (χ1v) is 8.76. The van der Waals surface area contributed by atoms with Crippen LogP contribution in [0.25, 0.3) is 10.9 Å². The van der Waals surface area contributed by atoms with Gasteiger partial charge in [0.1, 0.15) is 5.82 Å². The lowest BCUT2D eigenvalue weighted by atomic mass is 10.2. The maximum absolute atomic E-state index is 12.3. The number of hydrogen-bond acceptors (Lipinski definition) is 4. The van der Waals surface area contributed by atoms with Crippen molar-refractivity contribution >= 4 is 42.8 Å². The van der Waals surface area contributed by atoms with Crippen molar-refractivity contribution in [2.45, 2.75) is 32.6 Å². The zero-order valence-electron chi connectivity index (χ0n) is 12.4. The monoisotopic (exact) mass is 429 g/mol. The molecule has 1 aromatic heterocycles. The minimum atomic E-state index is -0.114. The van der Waals surface area contributed by atoms with E-state index in [1.807, 2.05) is 6.07 Å². The lowest BCUT2D eigenvalue weighted by molar-refractivity contribution is -0.0710. The highest BCUT2D eigenvalue weighted by Gasteiger charge is 2.23. The van der Waals surface area contributed by atoms with Crippen molar-refractivity contribution in [3.05, 3.63) is 37.3 Å². The third kappa shape index (κ3) is 3.42. The van der Waals surface area contributed by atoms with Crippen LogP contribution in [-0.2, 0) is 11.3 Å². The van der Waals surface area contributed by atoms with Crippen molar-refractivity contribution in [1.29, 1.82) is 0 Å². The number of aromatic amines is 1. The summed E-state index contributed by atoms with van der Waals surface area (Å²) in [4.78, 5) is 22.1. The van der Waals surface area contributed by atoms with E-state index in [0.29, 0.717) is 23.3 Å². The molecule has 3 rings (SSSR count). The normalized spacial score (nSPS) is 23.1. The van der Waals surface area contributed by atoms with E-state index in [0.717, 1.165) is 22.0 Å². The summed E-state index contributed by atoms with van der Waals surface area (Å²) in [6.45, 7) is 6.42. The van der Waals surface area contributed by atoms with Gasteiger partial charge in [0.25, 0.3) is 5.56 Å². The van der Waals surface area contributed by atoms with Crippen LogP contribution in [0.2, 0.25) is 0 Å². The Morgan fingerprint density at radius 3 is 2.68 bits per heavy atom. The van der Waals surface area contributed by atoms with Crippen LogP contribution < -0.4 is 5.56 Å². The topological polar surface area (TPSA) is 58.2 Å². The van der Waals surface area contributed by atoms with E-state index in [2.05, 4.69) is 60.6 Å². The van der Waals surface area contributed by atoms with Gasteiger partial charge >= 0.3 is 0 Å². The third-order valence-corrected chi connectivity index (χ3v) is 4.71. The Bertz CT molecular complexity index is 752. The number of ether oxygens (including phenoxy) is 1. The summed E-state index contributed by atoms with van der Waals surface area (Å²) < 4.78 is 7.40. The Balaban J connectivity index is 1.93. The van der Waals surface area contributed by atoms with Gasteiger partial charge in [0.2, 0.25) is 0 Å². The van der Waals surface area contributed by atoms with Crippen LogP contribution in [0, 0.1) is 0 Å². The highest BCUT2D eigenvalue weighted by Crippen LogP contribution is 2.25. The third-order valence-electron chi connectivity index (χ3n) is 3.65. The van der Waals surface area contributed by atoms with Crippen LogP contribution in [0.15, 0.2) is 25.9 Å². The SMILES string of the molecule is CC1CN(Cc2nc3c(Br)cc(Br)cc3c(=O)[nH]2)CC(C)O1. The predicted molar refractivity (Wildman–Crippen MR) is 93.0 cm³/mol. The molecule has 7 heteroatoms. The van der Waals surface area contributed by atoms with Crippen LogP contribution >= 0.6 is 31.9 Å². The number of nitrogens with one attached hydrogen (secondary N) is 1. The first-order chi connectivity index (χ1) is 10.4. The largest absolute Gasteiger partial charge is 0.373 e. The fourth-order valence-electron chi connectivity index (χ4n) is 2.91. The van der Waals surface area contributed by atoms with Gasteiger partial charge in [-0.2, -0.15) is 0 Å². The van der Waals surface area contributed by atoms with E-state index < -0.39 is 0 Å². The molecule has 1 fully saturated rings. The highest BCUT2D eigenvalue weighted by molar-refractivity contribution is 9.11. The highest BCUT2D eigenvalue weighted by atomic mass is 79.9. The second kappa shape index (κ2) is 6.39. The van der Waals surface area contributed by atoms with E-state index in [1.165, 1.54) is 0 Å². The summed E-state index contributed by atoms with van der Waals surface area (Å²) in [6, 6.07) is 3.69. The van der Waals surface area contributed by atoms with E-state index in [4.69, 9.17) is 4.74 Å². The number of nitrogens with zero attached hydrogens (tertiary/aromatic N) is 2. The molecule has 1 aliphatic rings. The van der Waals surface area contributed by atoms with Crippen molar-refractivity contribution in [3.8, 4) is 0 Å². The number of aromatic nitrogens is 2. The molecule has 2 unspecified atom stereocenters. The van der Waals surface area contributed by atoms with Gasteiger partial charge in [-0.1, -0.05) is 15.9 Å². The van der Waals surface area contributed by atoms with Crippen LogP contribution in [0.5, 0.6) is 0 Å². The average Bonchev–Trinajstić information content (AvgIpc) is 2.39. The molecule has 0 saturated carbocycles. The second-order valence-corrected chi connectivity index (χ2v) is 7.52.